The van der Waals surface area contributed by atoms with Gasteiger partial charge in [0.2, 0.25) is 0 Å². The predicted molar refractivity (Wildman–Crippen MR) is 122 cm³/mol. The van der Waals surface area contributed by atoms with Gasteiger partial charge in [-0.1, -0.05) is 29.3 Å². The fourth-order valence-corrected chi connectivity index (χ4v) is 4.15. The Labute approximate surface area is 191 Å². The van der Waals surface area contributed by atoms with E-state index in [9.17, 15) is 5.11 Å². The third-order valence-electron chi connectivity index (χ3n) is 4.99. The van der Waals surface area contributed by atoms with Crippen LogP contribution in [-0.4, -0.2) is 32.1 Å². The van der Waals surface area contributed by atoms with E-state index in [1.165, 1.54) is 17.3 Å². The lowest BCUT2D eigenvalue weighted by Crippen LogP contribution is -2.24. The van der Waals surface area contributed by atoms with Gasteiger partial charge in [-0.05, 0) is 62.2 Å². The molecule has 1 aliphatic rings. The topological polar surface area (TPSA) is 69.4 Å². The molecule has 1 aromatic heterocycles. The summed E-state index contributed by atoms with van der Waals surface area (Å²) in [5.74, 6) is 1.34. The van der Waals surface area contributed by atoms with Crippen LogP contribution in [0.25, 0.3) is 11.8 Å². The molecule has 0 saturated heterocycles. The summed E-state index contributed by atoms with van der Waals surface area (Å²) in [6.07, 6.45) is 4.42. The number of nitrogens with zero attached hydrogens (tertiary/aromatic N) is 3. The zero-order chi connectivity index (χ0) is 22.2. The highest BCUT2D eigenvalue weighted by molar-refractivity contribution is 6.35. The van der Waals surface area contributed by atoms with E-state index in [2.05, 4.69) is 10.1 Å². The van der Waals surface area contributed by atoms with Gasteiger partial charge in [0.05, 0.1) is 12.3 Å². The van der Waals surface area contributed by atoms with E-state index >= 15 is 0 Å². The van der Waals surface area contributed by atoms with Gasteiger partial charge >= 0.3 is 0 Å². The number of rotatable bonds is 6. The summed E-state index contributed by atoms with van der Waals surface area (Å²) < 4.78 is 13.4. The summed E-state index contributed by atoms with van der Waals surface area (Å²) >= 11 is 12.4. The van der Waals surface area contributed by atoms with Crippen LogP contribution in [0.4, 0.5) is 0 Å². The lowest BCUT2D eigenvalue weighted by Gasteiger charge is -2.19. The molecule has 1 unspecified atom stereocenters. The minimum Gasteiger partial charge on any atom is -0.490 e. The molecule has 8 heteroatoms. The largest absolute Gasteiger partial charge is 0.490 e. The number of aliphatic hydroxyl groups is 1. The highest BCUT2D eigenvalue weighted by atomic mass is 35.5. The van der Waals surface area contributed by atoms with E-state index in [0.29, 0.717) is 45.6 Å². The molecule has 31 heavy (non-hydrogen) atoms. The summed E-state index contributed by atoms with van der Waals surface area (Å²) in [7, 11) is 0. The molecule has 0 amide bonds. The quantitative estimate of drug-likeness (QED) is 0.532. The first-order valence-electron chi connectivity index (χ1n) is 9.96. The number of fused-ring (bicyclic) bond motifs is 1. The molecule has 0 saturated carbocycles. The van der Waals surface area contributed by atoms with Crippen LogP contribution < -0.4 is 9.47 Å². The molecule has 0 radical (unpaired) electrons. The van der Waals surface area contributed by atoms with E-state index in [4.69, 9.17) is 32.7 Å². The molecule has 1 aliphatic heterocycles. The molecule has 162 valence electrons. The van der Waals surface area contributed by atoms with Gasteiger partial charge in [-0.3, -0.25) is 0 Å². The minimum atomic E-state index is -1.01. The molecule has 6 nitrogen and oxygen atoms in total. The van der Waals surface area contributed by atoms with Gasteiger partial charge in [0.25, 0.3) is 0 Å². The molecule has 0 bridgehead atoms. The Morgan fingerprint density at radius 3 is 2.81 bits per heavy atom. The van der Waals surface area contributed by atoms with Crippen molar-refractivity contribution in [2.24, 2.45) is 0 Å². The first-order valence-corrected chi connectivity index (χ1v) is 10.7. The van der Waals surface area contributed by atoms with Crippen molar-refractivity contribution in [2.75, 3.05) is 6.61 Å². The Hall–Kier alpha value is -2.54. The van der Waals surface area contributed by atoms with Crippen molar-refractivity contribution in [3.05, 3.63) is 69.7 Å². The third kappa shape index (κ3) is 4.56. The molecule has 2 aromatic carbocycles. The van der Waals surface area contributed by atoms with Crippen LogP contribution >= 0.6 is 23.2 Å². The summed E-state index contributed by atoms with van der Waals surface area (Å²) in [5, 5.41) is 16.6. The van der Waals surface area contributed by atoms with Crippen LogP contribution in [0.15, 0.2) is 43.0 Å². The first-order chi connectivity index (χ1) is 14.8. The monoisotopic (exact) mass is 459 g/mol. The van der Waals surface area contributed by atoms with Gasteiger partial charge in [0, 0.05) is 22.0 Å². The van der Waals surface area contributed by atoms with Gasteiger partial charge in [0.15, 0.2) is 11.5 Å². The molecular weight excluding hydrogens is 437 g/mol. The molecule has 1 atom stereocenters. The van der Waals surface area contributed by atoms with E-state index in [-0.39, 0.29) is 5.60 Å². The molecule has 4 rings (SSSR count). The Balaban J connectivity index is 1.81. The highest BCUT2D eigenvalue weighted by Gasteiger charge is 2.34. The zero-order valence-electron chi connectivity index (χ0n) is 17.5. The average molecular weight is 460 g/mol. The minimum absolute atomic E-state index is 0.334. The van der Waals surface area contributed by atoms with E-state index in [0.717, 1.165) is 11.3 Å². The van der Waals surface area contributed by atoms with Crippen molar-refractivity contribution in [3.63, 3.8) is 0 Å². The maximum Gasteiger partial charge on any atom is 0.165 e. The number of halogens is 2. The first kappa shape index (κ1) is 21.7. The van der Waals surface area contributed by atoms with E-state index < -0.39 is 6.10 Å². The number of hydrogen-bond acceptors (Lipinski definition) is 5. The molecule has 2 heterocycles. The van der Waals surface area contributed by atoms with Crippen LogP contribution in [0.3, 0.4) is 0 Å². The lowest BCUT2D eigenvalue weighted by atomic mass is 9.96. The van der Waals surface area contributed by atoms with Gasteiger partial charge in [-0.15, -0.1) is 0 Å². The summed E-state index contributed by atoms with van der Waals surface area (Å²) in [6, 6.07) is 8.95. The van der Waals surface area contributed by atoms with Crippen molar-refractivity contribution in [3.8, 4) is 11.5 Å². The Morgan fingerprint density at radius 1 is 1.32 bits per heavy atom. The maximum atomic E-state index is 11.4. The molecular formula is C23H23Cl2N3O3. The SMILES string of the molecule is CCOc1cc(C(O)/C(=C\c2ccc(Cl)cc2Cl)n2cncn2)cc2c1OC(C)(C)C2. The van der Waals surface area contributed by atoms with Crippen molar-refractivity contribution in [2.45, 2.75) is 38.9 Å². The molecule has 1 N–H and O–H groups in total. The van der Waals surface area contributed by atoms with Gasteiger partial charge < -0.3 is 14.6 Å². The molecule has 0 fully saturated rings. The second-order valence-electron chi connectivity index (χ2n) is 7.96. The summed E-state index contributed by atoms with van der Waals surface area (Å²) in [6.45, 7) is 6.46. The molecule has 0 aliphatic carbocycles. The van der Waals surface area contributed by atoms with Crippen LogP contribution in [0.1, 0.15) is 43.6 Å². The lowest BCUT2D eigenvalue weighted by molar-refractivity contribution is 0.132. The van der Waals surface area contributed by atoms with Crippen molar-refractivity contribution in [1.29, 1.82) is 0 Å². The van der Waals surface area contributed by atoms with Crippen LogP contribution in [0.5, 0.6) is 11.5 Å². The number of benzene rings is 2. The number of aromatic nitrogens is 3. The fourth-order valence-electron chi connectivity index (χ4n) is 3.68. The fraction of sp³-hybridized carbons (Fsp3) is 0.304. The molecule has 0 spiro atoms. The Kier molecular flexibility index (Phi) is 5.97. The number of aliphatic hydroxyl groups excluding tert-OH is 1. The van der Waals surface area contributed by atoms with Crippen molar-refractivity contribution >= 4 is 35.0 Å². The van der Waals surface area contributed by atoms with Crippen molar-refractivity contribution in [1.82, 2.24) is 14.8 Å². The number of hydrogen-bond donors (Lipinski definition) is 1. The van der Waals surface area contributed by atoms with Crippen molar-refractivity contribution < 1.29 is 14.6 Å². The summed E-state index contributed by atoms with van der Waals surface area (Å²) in [4.78, 5) is 4.02. The van der Waals surface area contributed by atoms with Gasteiger partial charge in [-0.25, -0.2) is 9.67 Å². The van der Waals surface area contributed by atoms with Gasteiger partial charge in [0.1, 0.15) is 24.4 Å². The normalized spacial score (nSPS) is 16.0. The van der Waals surface area contributed by atoms with E-state index in [1.54, 1.807) is 24.3 Å². The van der Waals surface area contributed by atoms with Crippen LogP contribution in [0.2, 0.25) is 10.0 Å². The summed E-state index contributed by atoms with van der Waals surface area (Å²) in [5.41, 5.74) is 2.51. The van der Waals surface area contributed by atoms with Crippen LogP contribution in [-0.2, 0) is 6.42 Å². The molecule has 3 aromatic rings. The second kappa shape index (κ2) is 8.54. The smallest absolute Gasteiger partial charge is 0.165 e. The average Bonchev–Trinajstić information content (AvgIpc) is 3.33. The standard InChI is InChI=1S/C23H23Cl2N3O3/c1-4-30-20-9-15(7-16-11-23(2,3)31-22(16)20)21(29)19(28-13-26-12-27-28)8-14-5-6-17(24)10-18(14)25/h5-10,12-13,21,29H,4,11H2,1-3H3/b19-8+. The highest BCUT2D eigenvalue weighted by Crippen LogP contribution is 2.45. The second-order valence-corrected chi connectivity index (χ2v) is 8.80. The predicted octanol–water partition coefficient (Wildman–Crippen LogP) is 5.43. The third-order valence-corrected chi connectivity index (χ3v) is 5.56. The van der Waals surface area contributed by atoms with Gasteiger partial charge in [-0.2, -0.15) is 5.10 Å². The van der Waals surface area contributed by atoms with E-state index in [1.807, 2.05) is 32.9 Å². The number of ether oxygens (including phenoxy) is 2. The Morgan fingerprint density at radius 2 is 2.13 bits per heavy atom. The Bertz CT molecular complexity index is 1130. The maximum absolute atomic E-state index is 11.4. The van der Waals surface area contributed by atoms with Crippen LogP contribution in [0, 0.1) is 0 Å². The zero-order valence-corrected chi connectivity index (χ0v) is 19.0.